The summed E-state index contributed by atoms with van der Waals surface area (Å²) in [5.41, 5.74) is 2.10. The molecule has 1 aromatic rings. The van der Waals surface area contributed by atoms with Crippen molar-refractivity contribution in [3.05, 3.63) is 54.1 Å². The molecule has 1 aliphatic heterocycles. The smallest absolute Gasteiger partial charge is 0.155 e. The van der Waals surface area contributed by atoms with E-state index in [4.69, 9.17) is 0 Å². The van der Waals surface area contributed by atoms with E-state index in [2.05, 4.69) is 18.2 Å². The Morgan fingerprint density at radius 1 is 1.29 bits per heavy atom. The minimum atomic E-state index is 0.0254. The van der Waals surface area contributed by atoms with Gasteiger partial charge < -0.3 is 0 Å². The number of hydroxylamine groups is 1. The van der Waals surface area contributed by atoms with Gasteiger partial charge >= 0.3 is 0 Å². The molecule has 0 saturated carbocycles. The zero-order valence-electron chi connectivity index (χ0n) is 7.59. The maximum absolute atomic E-state index is 9.90. The predicted molar refractivity (Wildman–Crippen MR) is 54.2 cm³/mol. The lowest BCUT2D eigenvalue weighted by Crippen LogP contribution is -2.29. The molecule has 2 unspecified atom stereocenters. The minimum Gasteiger partial charge on any atom is -0.288 e. The molecule has 0 fully saturated rings. The summed E-state index contributed by atoms with van der Waals surface area (Å²) < 4.78 is 0. The molecule has 3 rings (SSSR count). The lowest BCUT2D eigenvalue weighted by atomic mass is 9.92. The highest BCUT2D eigenvalue weighted by atomic mass is 16.5. The Bertz CT molecular complexity index is 422. The summed E-state index contributed by atoms with van der Waals surface area (Å²) in [6.45, 7) is 0. The summed E-state index contributed by atoms with van der Waals surface area (Å²) >= 11 is 0. The first-order valence-electron chi connectivity index (χ1n) is 4.71. The van der Waals surface area contributed by atoms with Crippen LogP contribution >= 0.6 is 0 Å². The van der Waals surface area contributed by atoms with Crippen molar-refractivity contribution in [3.63, 3.8) is 0 Å². The molecular weight excluding hydrogens is 174 g/mol. The molecule has 0 aromatic heterocycles. The highest BCUT2D eigenvalue weighted by Gasteiger charge is 2.40. The molecular formula is C12H10NO+. The highest BCUT2D eigenvalue weighted by molar-refractivity contribution is 5.62. The fourth-order valence-electron chi connectivity index (χ4n) is 2.18. The second-order valence-electron chi connectivity index (χ2n) is 3.61. The summed E-state index contributed by atoms with van der Waals surface area (Å²) in [6.07, 6.45) is 8.92. The van der Waals surface area contributed by atoms with Gasteiger partial charge in [-0.25, -0.2) is 5.06 Å². The molecule has 14 heavy (non-hydrogen) atoms. The van der Waals surface area contributed by atoms with Crippen LogP contribution < -0.4 is 5.06 Å². The number of fused-ring (bicyclic) bond motifs is 3. The van der Waals surface area contributed by atoms with Crippen LogP contribution in [-0.2, 0) is 0 Å². The second kappa shape index (κ2) is 2.68. The SMILES string of the molecule is ON1c2ccccc2C2C=C[C+]=CC21. The molecule has 1 aliphatic carbocycles. The number of allylic oxidation sites excluding steroid dienone is 2. The fourth-order valence-corrected chi connectivity index (χ4v) is 2.18. The average molecular weight is 184 g/mol. The average Bonchev–Trinajstić information content (AvgIpc) is 2.55. The molecule has 0 spiro atoms. The molecule has 68 valence electrons. The zero-order valence-corrected chi connectivity index (χ0v) is 7.59. The van der Waals surface area contributed by atoms with Gasteiger partial charge in [0.25, 0.3) is 0 Å². The van der Waals surface area contributed by atoms with Crippen LogP contribution in [-0.4, -0.2) is 11.2 Å². The van der Waals surface area contributed by atoms with E-state index in [1.54, 1.807) is 0 Å². The molecule has 2 nitrogen and oxygen atoms in total. The summed E-state index contributed by atoms with van der Waals surface area (Å²) in [5, 5.41) is 11.2. The van der Waals surface area contributed by atoms with Gasteiger partial charge in [0, 0.05) is 5.56 Å². The first-order chi connectivity index (χ1) is 6.88. The topological polar surface area (TPSA) is 23.5 Å². The minimum absolute atomic E-state index is 0.0254. The van der Waals surface area contributed by atoms with Crippen LogP contribution in [0.4, 0.5) is 5.69 Å². The molecule has 2 atom stereocenters. The normalized spacial score (nSPS) is 27.1. The van der Waals surface area contributed by atoms with E-state index >= 15 is 0 Å². The standard InChI is InChI=1S/C12H10NO/c14-13-11-7-3-1-5-9(11)10-6-2-4-8-12(10)13/h1-3,5-8,10,12,14H/q+1. The van der Waals surface area contributed by atoms with Gasteiger partial charge in [-0.1, -0.05) is 18.2 Å². The zero-order chi connectivity index (χ0) is 9.54. The predicted octanol–water partition coefficient (Wildman–Crippen LogP) is 2.28. The number of benzene rings is 1. The third-order valence-electron chi connectivity index (χ3n) is 2.86. The van der Waals surface area contributed by atoms with E-state index in [0.717, 1.165) is 5.69 Å². The van der Waals surface area contributed by atoms with Crippen LogP contribution in [0.1, 0.15) is 11.5 Å². The summed E-state index contributed by atoms with van der Waals surface area (Å²) in [5.74, 6) is 0.275. The number of rotatable bonds is 0. The van der Waals surface area contributed by atoms with E-state index in [9.17, 15) is 5.21 Å². The van der Waals surface area contributed by atoms with E-state index in [0.29, 0.717) is 0 Å². The van der Waals surface area contributed by atoms with E-state index in [1.165, 1.54) is 10.6 Å². The summed E-state index contributed by atoms with van der Waals surface area (Å²) in [6, 6.07) is 7.97. The molecule has 2 heteroatoms. The first-order valence-corrected chi connectivity index (χ1v) is 4.71. The Kier molecular flexibility index (Phi) is 1.48. The lowest BCUT2D eigenvalue weighted by Gasteiger charge is -2.16. The molecule has 1 aromatic carbocycles. The molecule has 1 heterocycles. The molecule has 1 N–H and O–H groups in total. The van der Waals surface area contributed by atoms with E-state index in [1.807, 2.05) is 30.4 Å². The van der Waals surface area contributed by atoms with Gasteiger partial charge in [0.2, 0.25) is 0 Å². The van der Waals surface area contributed by atoms with Crippen molar-refractivity contribution in [2.75, 3.05) is 5.06 Å². The third-order valence-corrected chi connectivity index (χ3v) is 2.86. The van der Waals surface area contributed by atoms with Gasteiger partial charge in [-0.3, -0.25) is 5.21 Å². The van der Waals surface area contributed by atoms with Gasteiger partial charge in [0.15, 0.2) is 6.08 Å². The Labute approximate surface area is 82.7 Å². The van der Waals surface area contributed by atoms with Gasteiger partial charge in [-0.15, -0.1) is 0 Å². The highest BCUT2D eigenvalue weighted by Crippen LogP contribution is 2.41. The maximum atomic E-state index is 9.90. The molecule has 0 saturated heterocycles. The Morgan fingerprint density at radius 2 is 2.14 bits per heavy atom. The van der Waals surface area contributed by atoms with Crippen molar-refractivity contribution in [2.24, 2.45) is 0 Å². The third kappa shape index (κ3) is 0.869. The Hall–Kier alpha value is -1.63. The number of hydrogen-bond acceptors (Lipinski definition) is 2. The number of hydrogen-bond donors (Lipinski definition) is 1. The molecule has 2 aliphatic rings. The van der Waals surface area contributed by atoms with Crippen molar-refractivity contribution >= 4 is 5.69 Å². The largest absolute Gasteiger partial charge is 0.288 e. The van der Waals surface area contributed by atoms with Crippen molar-refractivity contribution in [1.82, 2.24) is 0 Å². The maximum Gasteiger partial charge on any atom is 0.155 e. The second-order valence-corrected chi connectivity index (χ2v) is 3.61. The quantitative estimate of drug-likeness (QED) is 0.625. The van der Waals surface area contributed by atoms with Crippen LogP contribution in [0.25, 0.3) is 0 Å². The summed E-state index contributed by atoms with van der Waals surface area (Å²) in [7, 11) is 0. The summed E-state index contributed by atoms with van der Waals surface area (Å²) in [4.78, 5) is 0. The van der Waals surface area contributed by atoms with Crippen LogP contribution in [0.2, 0.25) is 0 Å². The molecule has 0 bridgehead atoms. The Balaban J connectivity index is 2.17. The Morgan fingerprint density at radius 3 is 3.07 bits per heavy atom. The monoisotopic (exact) mass is 184 g/mol. The van der Waals surface area contributed by atoms with Crippen LogP contribution in [0.3, 0.4) is 0 Å². The number of anilines is 1. The van der Waals surface area contributed by atoms with E-state index in [-0.39, 0.29) is 12.0 Å². The number of para-hydroxylation sites is 1. The van der Waals surface area contributed by atoms with Crippen molar-refractivity contribution in [3.8, 4) is 0 Å². The van der Waals surface area contributed by atoms with Crippen molar-refractivity contribution < 1.29 is 5.21 Å². The molecule has 0 radical (unpaired) electrons. The lowest BCUT2D eigenvalue weighted by molar-refractivity contribution is 0.237. The van der Waals surface area contributed by atoms with Crippen molar-refractivity contribution in [1.29, 1.82) is 0 Å². The van der Waals surface area contributed by atoms with Crippen molar-refractivity contribution in [2.45, 2.75) is 12.0 Å². The fraction of sp³-hybridized carbons (Fsp3) is 0.167. The van der Waals surface area contributed by atoms with Crippen LogP contribution in [0.15, 0.2) is 42.5 Å². The first kappa shape index (κ1) is 7.74. The van der Waals surface area contributed by atoms with Gasteiger partial charge in [0.1, 0.15) is 6.04 Å². The molecule has 0 amide bonds. The van der Waals surface area contributed by atoms with Gasteiger partial charge in [-0.2, -0.15) is 0 Å². The van der Waals surface area contributed by atoms with Gasteiger partial charge in [-0.05, 0) is 6.07 Å². The number of nitrogens with zero attached hydrogens (tertiary/aromatic N) is 1. The van der Waals surface area contributed by atoms with Crippen LogP contribution in [0, 0.1) is 6.08 Å². The van der Waals surface area contributed by atoms with E-state index < -0.39 is 0 Å². The van der Waals surface area contributed by atoms with Gasteiger partial charge in [0.05, 0.1) is 29.8 Å². The van der Waals surface area contributed by atoms with Crippen LogP contribution in [0.5, 0.6) is 0 Å².